The monoisotopic (exact) mass is 452 g/mol. The van der Waals surface area contributed by atoms with E-state index in [1.165, 1.54) is 24.3 Å². The summed E-state index contributed by atoms with van der Waals surface area (Å²) in [6.07, 6.45) is 0.491. The molecule has 160 valence electrons. The molecular formula is C19H20N2O7S2. The highest BCUT2D eigenvalue weighted by molar-refractivity contribution is 7.91. The number of nitro benzene ring substituents is 1. The van der Waals surface area contributed by atoms with Crippen molar-refractivity contribution in [2.24, 2.45) is 5.92 Å². The van der Waals surface area contributed by atoms with Crippen LogP contribution in [0, 0.1) is 16.0 Å². The zero-order chi connectivity index (χ0) is 21.9. The van der Waals surface area contributed by atoms with Gasteiger partial charge in [0.15, 0.2) is 9.84 Å². The van der Waals surface area contributed by atoms with E-state index in [1.54, 1.807) is 12.3 Å². The maximum atomic E-state index is 12.6. The van der Waals surface area contributed by atoms with Crippen LogP contribution in [0.1, 0.15) is 30.1 Å². The summed E-state index contributed by atoms with van der Waals surface area (Å²) in [5, 5.41) is 15.5. The molecule has 1 aliphatic rings. The number of hydrogen-bond acceptors (Lipinski definition) is 8. The number of ether oxygens (including phenoxy) is 1. The molecule has 0 aliphatic carbocycles. The molecule has 1 saturated heterocycles. The minimum atomic E-state index is -3.08. The van der Waals surface area contributed by atoms with Gasteiger partial charge in [0.2, 0.25) is 5.91 Å². The van der Waals surface area contributed by atoms with Crippen molar-refractivity contribution in [2.45, 2.75) is 19.8 Å². The molecule has 0 radical (unpaired) electrons. The number of anilines is 1. The molecule has 30 heavy (non-hydrogen) atoms. The summed E-state index contributed by atoms with van der Waals surface area (Å²) in [5.74, 6) is -1.16. The molecule has 1 amide bonds. The first-order valence-electron chi connectivity index (χ1n) is 9.24. The smallest absolute Gasteiger partial charge is 0.341 e. The predicted octanol–water partition coefficient (Wildman–Crippen LogP) is 3.26. The van der Waals surface area contributed by atoms with E-state index in [9.17, 15) is 28.1 Å². The summed E-state index contributed by atoms with van der Waals surface area (Å²) in [5.41, 5.74) is 1.16. The Morgan fingerprint density at radius 2 is 2.00 bits per heavy atom. The Bertz CT molecular complexity index is 1070. The average Bonchev–Trinajstić information content (AvgIpc) is 3.24. The van der Waals surface area contributed by atoms with Gasteiger partial charge in [-0.25, -0.2) is 13.2 Å². The lowest BCUT2D eigenvalue weighted by Crippen LogP contribution is -2.18. The number of thiophene rings is 1. The number of carbonyl (C=O) groups is 2. The van der Waals surface area contributed by atoms with Crippen molar-refractivity contribution in [3.8, 4) is 11.1 Å². The molecule has 0 bridgehead atoms. The largest absolute Gasteiger partial charge is 0.462 e. The van der Waals surface area contributed by atoms with E-state index in [0.717, 1.165) is 11.3 Å². The average molecular weight is 453 g/mol. The van der Waals surface area contributed by atoms with Crippen LogP contribution >= 0.6 is 11.3 Å². The lowest BCUT2D eigenvalue weighted by atomic mass is 10.0. The van der Waals surface area contributed by atoms with Gasteiger partial charge in [-0.3, -0.25) is 14.9 Å². The van der Waals surface area contributed by atoms with Gasteiger partial charge in [0.05, 0.1) is 23.0 Å². The number of rotatable bonds is 7. The van der Waals surface area contributed by atoms with Gasteiger partial charge < -0.3 is 10.1 Å². The molecule has 11 heteroatoms. The number of benzene rings is 1. The molecule has 1 atom stereocenters. The van der Waals surface area contributed by atoms with Gasteiger partial charge in [0.1, 0.15) is 10.6 Å². The maximum absolute atomic E-state index is 12.6. The molecule has 2 heterocycles. The zero-order valence-corrected chi connectivity index (χ0v) is 17.8. The van der Waals surface area contributed by atoms with Crippen molar-refractivity contribution < 1.29 is 27.7 Å². The molecule has 1 N–H and O–H groups in total. The van der Waals surface area contributed by atoms with Gasteiger partial charge >= 0.3 is 5.97 Å². The van der Waals surface area contributed by atoms with Crippen LogP contribution < -0.4 is 5.32 Å². The molecule has 1 aromatic heterocycles. The molecule has 0 saturated carbocycles. The zero-order valence-electron chi connectivity index (χ0n) is 16.1. The summed E-state index contributed by atoms with van der Waals surface area (Å²) >= 11 is 1.14. The number of hydrogen-bond donors (Lipinski definition) is 1. The van der Waals surface area contributed by atoms with Crippen molar-refractivity contribution in [1.29, 1.82) is 0 Å². The van der Waals surface area contributed by atoms with Gasteiger partial charge in [-0.2, -0.15) is 0 Å². The summed E-state index contributed by atoms with van der Waals surface area (Å²) in [7, 11) is -3.08. The van der Waals surface area contributed by atoms with Gasteiger partial charge in [-0.15, -0.1) is 11.3 Å². The minimum Gasteiger partial charge on any atom is -0.462 e. The first kappa shape index (κ1) is 21.9. The van der Waals surface area contributed by atoms with Crippen LogP contribution in [0.2, 0.25) is 0 Å². The van der Waals surface area contributed by atoms with E-state index >= 15 is 0 Å². The van der Waals surface area contributed by atoms with Crippen LogP contribution in [0.3, 0.4) is 0 Å². The Hall–Kier alpha value is -2.79. The molecule has 1 aliphatic heterocycles. The molecule has 2 aromatic rings. The van der Waals surface area contributed by atoms with Gasteiger partial charge in [0, 0.05) is 29.5 Å². The first-order valence-corrected chi connectivity index (χ1v) is 11.9. The molecule has 0 spiro atoms. The lowest BCUT2D eigenvalue weighted by molar-refractivity contribution is -0.384. The Morgan fingerprint density at radius 1 is 1.30 bits per heavy atom. The maximum Gasteiger partial charge on any atom is 0.341 e. The highest BCUT2D eigenvalue weighted by Crippen LogP contribution is 2.37. The molecule has 1 fully saturated rings. The van der Waals surface area contributed by atoms with Gasteiger partial charge in [-0.1, -0.05) is 0 Å². The molecule has 1 unspecified atom stereocenters. The topological polar surface area (TPSA) is 133 Å². The molecule has 1 aromatic carbocycles. The fraction of sp³-hybridized carbons (Fsp3) is 0.368. The summed E-state index contributed by atoms with van der Waals surface area (Å²) < 4.78 is 28.3. The fourth-order valence-corrected chi connectivity index (χ4v) is 6.14. The fourth-order valence-electron chi connectivity index (χ4n) is 3.30. The summed E-state index contributed by atoms with van der Waals surface area (Å²) in [6, 6.07) is 5.72. The Labute approximate surface area is 177 Å². The SMILES string of the molecule is CCOC(=O)c1c(-c2ccc([N+](=O)[O-])cc2)csc1NC(=O)CC1CCS(=O)(=O)C1. The summed E-state index contributed by atoms with van der Waals surface area (Å²) in [6.45, 7) is 1.80. The third kappa shape index (κ3) is 5.03. The second-order valence-corrected chi connectivity index (χ2v) is 10.0. The number of sulfone groups is 1. The van der Waals surface area contributed by atoms with Crippen molar-refractivity contribution in [3.05, 3.63) is 45.3 Å². The number of nitrogens with zero attached hydrogens (tertiary/aromatic N) is 1. The van der Waals surface area contributed by atoms with Gasteiger partial charge in [0.25, 0.3) is 5.69 Å². The second kappa shape index (κ2) is 8.92. The molecule has 9 nitrogen and oxygen atoms in total. The number of amides is 1. The normalized spacial score (nSPS) is 17.4. The Morgan fingerprint density at radius 3 is 2.57 bits per heavy atom. The van der Waals surface area contributed by atoms with E-state index in [4.69, 9.17) is 4.74 Å². The van der Waals surface area contributed by atoms with Crippen molar-refractivity contribution >= 4 is 43.7 Å². The second-order valence-electron chi connectivity index (χ2n) is 6.90. The Balaban J connectivity index is 1.84. The van der Waals surface area contributed by atoms with Crippen molar-refractivity contribution in [2.75, 3.05) is 23.4 Å². The first-order chi connectivity index (χ1) is 14.2. The molecular weight excluding hydrogens is 432 g/mol. The standard InChI is InChI=1S/C19H20N2O7S2/c1-2-28-19(23)17-15(13-3-5-14(6-4-13)21(24)25)10-29-18(17)20-16(22)9-12-7-8-30(26,27)11-12/h3-6,10,12H,2,7-9,11H2,1H3,(H,20,22). The third-order valence-corrected chi connectivity index (χ3v) is 7.45. The number of non-ortho nitro benzene ring substituents is 1. The van der Waals surface area contributed by atoms with Crippen LogP contribution in [-0.2, 0) is 19.4 Å². The number of esters is 1. The highest BCUT2D eigenvalue weighted by Gasteiger charge is 2.30. The van der Waals surface area contributed by atoms with Crippen LogP contribution in [0.25, 0.3) is 11.1 Å². The van der Waals surface area contributed by atoms with Crippen LogP contribution in [0.5, 0.6) is 0 Å². The van der Waals surface area contributed by atoms with E-state index < -0.39 is 20.7 Å². The highest BCUT2D eigenvalue weighted by atomic mass is 32.2. The number of carbonyl (C=O) groups excluding carboxylic acids is 2. The van der Waals surface area contributed by atoms with E-state index in [1.807, 2.05) is 0 Å². The quantitative estimate of drug-likeness (QED) is 0.387. The van der Waals surface area contributed by atoms with E-state index in [0.29, 0.717) is 22.5 Å². The Kier molecular flexibility index (Phi) is 6.52. The predicted molar refractivity (Wildman–Crippen MR) is 112 cm³/mol. The number of nitro groups is 1. The minimum absolute atomic E-state index is 0.0103. The lowest BCUT2D eigenvalue weighted by Gasteiger charge is -2.10. The van der Waals surface area contributed by atoms with Crippen molar-refractivity contribution in [3.63, 3.8) is 0 Å². The third-order valence-electron chi connectivity index (χ3n) is 4.71. The van der Waals surface area contributed by atoms with Crippen LogP contribution in [0.15, 0.2) is 29.6 Å². The van der Waals surface area contributed by atoms with E-state index in [2.05, 4.69) is 5.32 Å². The molecule has 3 rings (SSSR count). The van der Waals surface area contributed by atoms with Crippen LogP contribution in [0.4, 0.5) is 10.7 Å². The number of nitrogens with one attached hydrogen (secondary N) is 1. The van der Waals surface area contributed by atoms with Crippen molar-refractivity contribution in [1.82, 2.24) is 0 Å². The van der Waals surface area contributed by atoms with Crippen LogP contribution in [-0.4, -0.2) is 43.3 Å². The van der Waals surface area contributed by atoms with E-state index in [-0.39, 0.29) is 47.6 Å². The van der Waals surface area contributed by atoms with Gasteiger partial charge in [-0.05, 0) is 37.0 Å². The summed E-state index contributed by atoms with van der Waals surface area (Å²) in [4.78, 5) is 35.4.